The maximum absolute atomic E-state index is 11.6. The average molecular weight is 252 g/mol. The standard InChI is InChI=1S/C12H16N2O2S/c1-8(11(13)17)12(16)14-10-4-2-9(3-5-10)6-7-15/h2-5,8,15H,6-7H2,1H3,(H2,13,17)(H,14,16). The van der Waals surface area contributed by atoms with E-state index in [9.17, 15) is 4.79 Å². The van der Waals surface area contributed by atoms with Crippen LogP contribution in [0.4, 0.5) is 5.69 Å². The predicted molar refractivity (Wildman–Crippen MR) is 71.8 cm³/mol. The van der Waals surface area contributed by atoms with Crippen molar-refractivity contribution >= 4 is 28.8 Å². The zero-order valence-corrected chi connectivity index (χ0v) is 10.5. The van der Waals surface area contributed by atoms with E-state index in [4.69, 9.17) is 23.1 Å². The van der Waals surface area contributed by atoms with Crippen molar-refractivity contribution in [1.82, 2.24) is 0 Å². The maximum atomic E-state index is 11.6. The number of benzene rings is 1. The molecule has 5 heteroatoms. The number of hydrogen-bond acceptors (Lipinski definition) is 3. The van der Waals surface area contributed by atoms with Crippen LogP contribution in [0.5, 0.6) is 0 Å². The van der Waals surface area contributed by atoms with Crippen molar-refractivity contribution < 1.29 is 9.90 Å². The van der Waals surface area contributed by atoms with Crippen molar-refractivity contribution in [2.24, 2.45) is 11.7 Å². The molecule has 4 nitrogen and oxygen atoms in total. The summed E-state index contributed by atoms with van der Waals surface area (Å²) in [7, 11) is 0. The minimum absolute atomic E-state index is 0.115. The number of nitrogens with one attached hydrogen (secondary N) is 1. The Bertz CT molecular complexity index is 403. The Kier molecular flexibility index (Phi) is 5.06. The van der Waals surface area contributed by atoms with Gasteiger partial charge in [0.1, 0.15) is 0 Å². The van der Waals surface area contributed by atoms with Gasteiger partial charge in [0.25, 0.3) is 0 Å². The van der Waals surface area contributed by atoms with Gasteiger partial charge in [0, 0.05) is 12.3 Å². The van der Waals surface area contributed by atoms with Crippen LogP contribution in [0.15, 0.2) is 24.3 Å². The Morgan fingerprint density at radius 3 is 2.53 bits per heavy atom. The van der Waals surface area contributed by atoms with Crippen LogP contribution in [-0.2, 0) is 11.2 Å². The van der Waals surface area contributed by atoms with Gasteiger partial charge in [0.05, 0.1) is 10.9 Å². The van der Waals surface area contributed by atoms with Crippen LogP contribution >= 0.6 is 12.2 Å². The van der Waals surface area contributed by atoms with E-state index in [0.717, 1.165) is 5.56 Å². The molecule has 1 rings (SSSR count). The molecular weight excluding hydrogens is 236 g/mol. The van der Waals surface area contributed by atoms with Crippen LogP contribution in [0.1, 0.15) is 12.5 Å². The second-order valence-electron chi connectivity index (χ2n) is 3.78. The lowest BCUT2D eigenvalue weighted by molar-refractivity contribution is -0.117. The van der Waals surface area contributed by atoms with Crippen molar-refractivity contribution in [2.45, 2.75) is 13.3 Å². The summed E-state index contributed by atoms with van der Waals surface area (Å²) in [5, 5.41) is 11.5. The monoisotopic (exact) mass is 252 g/mol. The molecule has 0 spiro atoms. The van der Waals surface area contributed by atoms with Gasteiger partial charge in [-0.3, -0.25) is 4.79 Å². The first-order chi connectivity index (χ1) is 8.04. The first-order valence-corrected chi connectivity index (χ1v) is 5.75. The topological polar surface area (TPSA) is 75.3 Å². The molecule has 0 aromatic heterocycles. The molecule has 1 aromatic carbocycles. The van der Waals surface area contributed by atoms with Gasteiger partial charge in [-0.15, -0.1) is 0 Å². The quantitative estimate of drug-likeness (QED) is 0.686. The Hall–Kier alpha value is -1.46. The van der Waals surface area contributed by atoms with E-state index < -0.39 is 5.92 Å². The molecule has 0 saturated heterocycles. The fourth-order valence-corrected chi connectivity index (χ4v) is 1.37. The van der Waals surface area contributed by atoms with E-state index in [1.807, 2.05) is 12.1 Å². The fourth-order valence-electron chi connectivity index (χ4n) is 1.26. The third-order valence-corrected chi connectivity index (χ3v) is 2.80. The van der Waals surface area contributed by atoms with Crippen LogP contribution in [-0.4, -0.2) is 22.6 Å². The van der Waals surface area contributed by atoms with E-state index in [1.54, 1.807) is 19.1 Å². The van der Waals surface area contributed by atoms with Gasteiger partial charge in [-0.25, -0.2) is 0 Å². The van der Waals surface area contributed by atoms with Crippen molar-refractivity contribution in [3.05, 3.63) is 29.8 Å². The molecule has 0 saturated carbocycles. The van der Waals surface area contributed by atoms with E-state index in [1.165, 1.54) is 0 Å². The molecular formula is C12H16N2O2S. The number of nitrogens with two attached hydrogens (primary N) is 1. The third kappa shape index (κ3) is 4.13. The van der Waals surface area contributed by atoms with E-state index in [-0.39, 0.29) is 17.5 Å². The average Bonchev–Trinajstić information content (AvgIpc) is 2.30. The van der Waals surface area contributed by atoms with Gasteiger partial charge in [0.15, 0.2) is 0 Å². The summed E-state index contributed by atoms with van der Waals surface area (Å²) in [4.78, 5) is 11.8. The van der Waals surface area contributed by atoms with Gasteiger partial charge < -0.3 is 16.2 Å². The first kappa shape index (κ1) is 13.6. The minimum atomic E-state index is -0.484. The molecule has 0 heterocycles. The molecule has 92 valence electrons. The molecule has 0 aliphatic rings. The zero-order valence-electron chi connectivity index (χ0n) is 9.64. The predicted octanol–water partition coefficient (Wildman–Crippen LogP) is 1.08. The van der Waals surface area contributed by atoms with Crippen LogP contribution in [0.25, 0.3) is 0 Å². The summed E-state index contributed by atoms with van der Waals surface area (Å²) in [5.74, 6) is -0.700. The lowest BCUT2D eigenvalue weighted by atomic mass is 10.1. The number of aliphatic hydroxyl groups excluding tert-OH is 1. The molecule has 1 aromatic rings. The summed E-state index contributed by atoms with van der Waals surface area (Å²) in [6.45, 7) is 1.78. The van der Waals surface area contributed by atoms with Crippen molar-refractivity contribution in [1.29, 1.82) is 0 Å². The molecule has 0 aliphatic carbocycles. The first-order valence-electron chi connectivity index (χ1n) is 5.34. The molecule has 1 unspecified atom stereocenters. The number of aliphatic hydroxyl groups is 1. The number of carbonyl (C=O) groups is 1. The number of rotatable bonds is 5. The molecule has 0 aliphatic heterocycles. The minimum Gasteiger partial charge on any atom is -0.396 e. The highest BCUT2D eigenvalue weighted by molar-refractivity contribution is 7.80. The van der Waals surface area contributed by atoms with E-state index >= 15 is 0 Å². The fraction of sp³-hybridized carbons (Fsp3) is 0.333. The summed E-state index contributed by atoms with van der Waals surface area (Å²) < 4.78 is 0. The number of amides is 1. The second kappa shape index (κ2) is 6.32. The van der Waals surface area contributed by atoms with Crippen LogP contribution < -0.4 is 11.1 Å². The van der Waals surface area contributed by atoms with Crippen LogP contribution in [0.2, 0.25) is 0 Å². The van der Waals surface area contributed by atoms with E-state index in [0.29, 0.717) is 12.1 Å². The lowest BCUT2D eigenvalue weighted by Crippen LogP contribution is -2.30. The van der Waals surface area contributed by atoms with Gasteiger partial charge in [-0.2, -0.15) is 0 Å². The molecule has 0 fully saturated rings. The van der Waals surface area contributed by atoms with Gasteiger partial charge >= 0.3 is 0 Å². The normalized spacial score (nSPS) is 11.9. The lowest BCUT2D eigenvalue weighted by Gasteiger charge is -2.10. The zero-order chi connectivity index (χ0) is 12.8. The molecule has 0 radical (unpaired) electrons. The molecule has 4 N–H and O–H groups in total. The third-order valence-electron chi connectivity index (χ3n) is 2.44. The van der Waals surface area contributed by atoms with Gasteiger partial charge in [-0.1, -0.05) is 24.4 Å². The molecule has 17 heavy (non-hydrogen) atoms. The second-order valence-corrected chi connectivity index (χ2v) is 4.26. The van der Waals surface area contributed by atoms with Crippen molar-refractivity contribution in [3.8, 4) is 0 Å². The maximum Gasteiger partial charge on any atom is 0.234 e. The highest BCUT2D eigenvalue weighted by Crippen LogP contribution is 2.11. The Morgan fingerprint density at radius 2 is 2.06 bits per heavy atom. The van der Waals surface area contributed by atoms with Gasteiger partial charge in [-0.05, 0) is 31.0 Å². The SMILES string of the molecule is CC(C(=O)Nc1ccc(CCO)cc1)C(N)=S. The Morgan fingerprint density at radius 1 is 1.47 bits per heavy atom. The number of hydrogen-bond donors (Lipinski definition) is 3. The highest BCUT2D eigenvalue weighted by Gasteiger charge is 2.15. The summed E-state index contributed by atoms with van der Waals surface area (Å²) in [6, 6.07) is 7.29. The smallest absolute Gasteiger partial charge is 0.234 e. The van der Waals surface area contributed by atoms with E-state index in [2.05, 4.69) is 5.32 Å². The largest absolute Gasteiger partial charge is 0.396 e. The highest BCUT2D eigenvalue weighted by atomic mass is 32.1. The molecule has 1 atom stereocenters. The molecule has 0 bridgehead atoms. The Balaban J connectivity index is 2.63. The summed E-state index contributed by atoms with van der Waals surface area (Å²) in [6.07, 6.45) is 0.609. The Labute approximate surface area is 106 Å². The van der Waals surface area contributed by atoms with Crippen LogP contribution in [0, 0.1) is 5.92 Å². The summed E-state index contributed by atoms with van der Waals surface area (Å²) in [5.41, 5.74) is 7.11. The number of carbonyl (C=O) groups excluding carboxylic acids is 1. The summed E-state index contributed by atoms with van der Waals surface area (Å²) >= 11 is 4.76. The van der Waals surface area contributed by atoms with Gasteiger partial charge in [0.2, 0.25) is 5.91 Å². The number of anilines is 1. The number of thiocarbonyl (C=S) groups is 1. The van der Waals surface area contributed by atoms with Crippen LogP contribution in [0.3, 0.4) is 0 Å². The molecule has 1 amide bonds. The van der Waals surface area contributed by atoms with Crippen molar-refractivity contribution in [3.63, 3.8) is 0 Å². The van der Waals surface area contributed by atoms with Crippen molar-refractivity contribution in [2.75, 3.05) is 11.9 Å².